The molecule has 0 aromatic carbocycles. The van der Waals surface area contributed by atoms with Crippen molar-refractivity contribution in [3.63, 3.8) is 0 Å². The second-order valence-corrected chi connectivity index (χ2v) is 3.15. The lowest BCUT2D eigenvalue weighted by atomic mass is 10.8. The van der Waals surface area contributed by atoms with Crippen molar-refractivity contribution in [1.29, 1.82) is 0 Å². The number of hydrogen-bond acceptors (Lipinski definition) is 2. The van der Waals surface area contributed by atoms with Gasteiger partial charge in [0.1, 0.15) is 0 Å². The van der Waals surface area contributed by atoms with Crippen molar-refractivity contribution in [3.05, 3.63) is 0 Å². The second-order valence-electron chi connectivity index (χ2n) is 1.17. The Balaban J connectivity index is 0. The highest BCUT2D eigenvalue weighted by atomic mass is 35.6. The van der Waals surface area contributed by atoms with Crippen LogP contribution >= 0.6 is 34.8 Å². The van der Waals surface area contributed by atoms with E-state index in [1.54, 1.807) is 0 Å². The Hall–Kier alpha value is 0.790. The second kappa shape index (κ2) is 12.5. The van der Waals surface area contributed by atoms with Gasteiger partial charge in [-0.05, 0) is 6.92 Å². The molecule has 0 saturated heterocycles. The maximum atomic E-state index is 8.07. The van der Waals surface area contributed by atoms with Crippen molar-refractivity contribution >= 4 is 34.8 Å². The van der Waals surface area contributed by atoms with Gasteiger partial charge in [0, 0.05) is 6.61 Å². The highest BCUT2D eigenvalue weighted by Gasteiger charge is 1.78. The van der Waals surface area contributed by atoms with Gasteiger partial charge in [-0.2, -0.15) is 0 Å². The molecule has 1 N–H and O–H groups in total. The summed E-state index contributed by atoms with van der Waals surface area (Å²) in [5.41, 5.74) is 0. The predicted molar refractivity (Wildman–Crippen MR) is 44.9 cm³/mol. The zero-order valence-electron chi connectivity index (χ0n) is 5.69. The van der Waals surface area contributed by atoms with Crippen LogP contribution in [0, 0.1) is 0 Å². The van der Waals surface area contributed by atoms with E-state index < -0.39 is 4.30 Å². The smallest absolute Gasteiger partial charge is 0.180 e. The van der Waals surface area contributed by atoms with Crippen LogP contribution in [0.3, 0.4) is 0 Å². The molecule has 0 aliphatic rings. The summed E-state index contributed by atoms with van der Waals surface area (Å²) in [7, 11) is 0. The van der Waals surface area contributed by atoms with Gasteiger partial charge in [0.2, 0.25) is 0 Å². The number of alkyl halides is 3. The van der Waals surface area contributed by atoms with Crippen LogP contribution in [0.1, 0.15) is 6.92 Å². The lowest BCUT2D eigenvalue weighted by molar-refractivity contribution is 0.102. The minimum absolute atomic E-state index is 0.133. The predicted octanol–water partition coefficient (Wildman–Crippen LogP) is 2.00. The van der Waals surface area contributed by atoms with Crippen LogP contribution < -0.4 is 0 Å². The number of halogens is 3. The molecule has 2 nitrogen and oxygen atoms in total. The highest BCUT2D eigenvalue weighted by molar-refractivity contribution is 6.63. The number of ether oxygens (including phenoxy) is 1. The molecule has 0 aromatic heterocycles. The van der Waals surface area contributed by atoms with Crippen LogP contribution in [0.15, 0.2) is 0 Å². The van der Waals surface area contributed by atoms with E-state index in [0.29, 0.717) is 13.2 Å². The zero-order chi connectivity index (χ0) is 8.41. The van der Waals surface area contributed by atoms with E-state index in [-0.39, 0.29) is 6.61 Å². The Morgan fingerprint density at radius 3 is 1.90 bits per heavy atom. The van der Waals surface area contributed by atoms with E-state index in [0.717, 1.165) is 0 Å². The van der Waals surface area contributed by atoms with E-state index in [1.807, 2.05) is 6.92 Å². The molecule has 0 unspecified atom stereocenters. The van der Waals surface area contributed by atoms with Crippen LogP contribution in [0.25, 0.3) is 0 Å². The van der Waals surface area contributed by atoms with Gasteiger partial charge in [0.25, 0.3) is 0 Å². The molecule has 0 spiro atoms. The molecule has 0 radical (unpaired) electrons. The Kier molecular flexibility index (Phi) is 16.7. The molecule has 5 heteroatoms. The van der Waals surface area contributed by atoms with Gasteiger partial charge >= 0.3 is 0 Å². The standard InChI is InChI=1S/C4H10O2.CHCl3/c1-2-6-4-3-5;2-1(3)4/h5H,2-4H2,1H3;1H. The number of aliphatic hydroxyl groups is 1. The maximum absolute atomic E-state index is 8.07. The molecular weight excluding hydrogens is 198 g/mol. The van der Waals surface area contributed by atoms with Crippen molar-refractivity contribution in [2.24, 2.45) is 0 Å². The molecule has 0 atom stereocenters. The van der Waals surface area contributed by atoms with Gasteiger partial charge in [0.05, 0.1) is 13.2 Å². The van der Waals surface area contributed by atoms with Crippen molar-refractivity contribution in [1.82, 2.24) is 0 Å². The van der Waals surface area contributed by atoms with E-state index in [9.17, 15) is 0 Å². The fourth-order valence-electron chi connectivity index (χ4n) is 0.209. The monoisotopic (exact) mass is 208 g/mol. The van der Waals surface area contributed by atoms with Gasteiger partial charge in [0.15, 0.2) is 4.30 Å². The van der Waals surface area contributed by atoms with Crippen LogP contribution in [0.2, 0.25) is 0 Å². The third-order valence-electron chi connectivity index (χ3n) is 0.440. The average Bonchev–Trinajstić information content (AvgIpc) is 1.82. The summed E-state index contributed by atoms with van der Waals surface area (Å²) in [4.78, 5) is 0. The minimum Gasteiger partial charge on any atom is -0.394 e. The lowest BCUT2D eigenvalue weighted by Crippen LogP contribution is -1.96. The van der Waals surface area contributed by atoms with Crippen LogP contribution in [0.5, 0.6) is 0 Å². The summed E-state index contributed by atoms with van der Waals surface area (Å²) in [6.07, 6.45) is 0. The Labute approximate surface area is 76.0 Å². The molecule has 0 heterocycles. The highest BCUT2D eigenvalue weighted by Crippen LogP contribution is 2.03. The summed E-state index contributed by atoms with van der Waals surface area (Å²) >= 11 is 14.4. The molecule has 0 saturated carbocycles. The summed E-state index contributed by atoms with van der Waals surface area (Å²) < 4.78 is 3.98. The molecule has 0 aromatic rings. The molecule has 0 aliphatic heterocycles. The van der Waals surface area contributed by atoms with Crippen molar-refractivity contribution in [3.8, 4) is 0 Å². The molecular formula is C5H11Cl3O2. The average molecular weight is 210 g/mol. The molecule has 64 valence electrons. The largest absolute Gasteiger partial charge is 0.394 e. The van der Waals surface area contributed by atoms with E-state index >= 15 is 0 Å². The molecule has 10 heavy (non-hydrogen) atoms. The molecule has 0 bridgehead atoms. The van der Waals surface area contributed by atoms with Gasteiger partial charge in [-0.3, -0.25) is 0 Å². The Bertz CT molecular complexity index is 45.4. The molecule has 0 aliphatic carbocycles. The van der Waals surface area contributed by atoms with Crippen molar-refractivity contribution in [2.45, 2.75) is 11.2 Å². The Morgan fingerprint density at radius 2 is 1.80 bits per heavy atom. The third kappa shape index (κ3) is 37.1. The van der Waals surface area contributed by atoms with E-state index in [2.05, 4.69) is 0 Å². The summed E-state index contributed by atoms with van der Waals surface area (Å²) in [6.45, 7) is 3.20. The topological polar surface area (TPSA) is 29.5 Å². The minimum atomic E-state index is -0.750. The number of hydrogen-bond donors (Lipinski definition) is 1. The normalized spacial score (nSPS) is 9.00. The first-order chi connectivity index (χ1) is 4.65. The number of rotatable bonds is 3. The van der Waals surface area contributed by atoms with Gasteiger partial charge in [-0.1, -0.05) is 34.8 Å². The van der Waals surface area contributed by atoms with E-state index in [4.69, 9.17) is 44.6 Å². The quantitative estimate of drug-likeness (QED) is 0.569. The van der Waals surface area contributed by atoms with E-state index in [1.165, 1.54) is 0 Å². The SMILES string of the molecule is CCOCCO.ClC(Cl)Cl. The maximum Gasteiger partial charge on any atom is 0.180 e. The first-order valence-corrected chi connectivity index (χ1v) is 4.06. The summed E-state index contributed by atoms with van der Waals surface area (Å²) in [5.74, 6) is 0. The zero-order valence-corrected chi connectivity index (χ0v) is 7.96. The summed E-state index contributed by atoms with van der Waals surface area (Å²) in [6, 6.07) is 0. The third-order valence-corrected chi connectivity index (χ3v) is 0.440. The first kappa shape index (κ1) is 13.4. The van der Waals surface area contributed by atoms with Gasteiger partial charge in [-0.25, -0.2) is 0 Å². The fraction of sp³-hybridized carbons (Fsp3) is 1.00. The fourth-order valence-corrected chi connectivity index (χ4v) is 0.209. The lowest BCUT2D eigenvalue weighted by Gasteiger charge is -1.91. The Morgan fingerprint density at radius 1 is 1.40 bits per heavy atom. The molecule has 0 fully saturated rings. The number of aliphatic hydroxyl groups excluding tert-OH is 1. The van der Waals surface area contributed by atoms with Gasteiger partial charge in [-0.15, -0.1) is 0 Å². The van der Waals surface area contributed by atoms with Crippen LogP contribution in [-0.4, -0.2) is 29.2 Å². The van der Waals surface area contributed by atoms with Crippen LogP contribution in [-0.2, 0) is 4.74 Å². The van der Waals surface area contributed by atoms with Gasteiger partial charge < -0.3 is 9.84 Å². The van der Waals surface area contributed by atoms with Crippen molar-refractivity contribution in [2.75, 3.05) is 19.8 Å². The first-order valence-electron chi connectivity index (χ1n) is 2.76. The van der Waals surface area contributed by atoms with Crippen LogP contribution in [0.4, 0.5) is 0 Å². The summed E-state index contributed by atoms with van der Waals surface area (Å²) in [5, 5.41) is 8.07. The molecule has 0 amide bonds. The van der Waals surface area contributed by atoms with Crippen molar-refractivity contribution < 1.29 is 9.84 Å². The molecule has 0 rings (SSSR count).